The monoisotopic (exact) mass is 547 g/mol. The van der Waals surface area contributed by atoms with Crippen LogP contribution in [0.4, 0.5) is 31.1 Å². The summed E-state index contributed by atoms with van der Waals surface area (Å²) < 4.78 is 89.7. The van der Waals surface area contributed by atoms with Crippen molar-refractivity contribution in [2.45, 2.75) is 36.8 Å². The van der Waals surface area contributed by atoms with E-state index in [1.165, 1.54) is 19.2 Å². The van der Waals surface area contributed by atoms with Crippen LogP contribution in [0, 0.1) is 23.0 Å². The molecule has 4 rings (SSSR count). The lowest BCUT2D eigenvalue weighted by molar-refractivity contribution is -0.137. The quantitative estimate of drug-likeness (QED) is 0.378. The molecule has 2 amide bonds. The van der Waals surface area contributed by atoms with Gasteiger partial charge in [0.1, 0.15) is 18.0 Å². The topological polar surface area (TPSA) is 65.4 Å². The Labute approximate surface area is 220 Å². The third kappa shape index (κ3) is 5.79. The van der Waals surface area contributed by atoms with Crippen LogP contribution in [0.3, 0.4) is 0 Å². The normalized spacial score (nSPS) is 18.8. The maximum atomic E-state index is 14.8. The average molecular weight is 547 g/mol. The van der Waals surface area contributed by atoms with E-state index in [9.17, 15) is 36.4 Å². The molecule has 204 valence electrons. The Hall–Kier alpha value is -4.20. The van der Waals surface area contributed by atoms with Crippen molar-refractivity contribution in [3.8, 4) is 11.8 Å². The molecule has 1 fully saturated rings. The van der Waals surface area contributed by atoms with Crippen molar-refractivity contribution in [2.24, 2.45) is 0 Å². The van der Waals surface area contributed by atoms with E-state index in [2.05, 4.69) is 5.32 Å². The smallest absolute Gasteiger partial charge is 0.416 e. The van der Waals surface area contributed by atoms with Gasteiger partial charge in [0, 0.05) is 12.8 Å². The number of alkyl halides is 4. The number of carbonyl (C=O) groups excluding carboxylic acids is 1. The molecule has 5 nitrogen and oxygen atoms in total. The van der Waals surface area contributed by atoms with Crippen LogP contribution < -0.4 is 10.1 Å². The molecule has 0 aromatic heterocycles. The van der Waals surface area contributed by atoms with Crippen molar-refractivity contribution in [2.75, 3.05) is 13.7 Å². The number of nitriles is 1. The van der Waals surface area contributed by atoms with Crippen LogP contribution in [0.25, 0.3) is 0 Å². The number of likely N-dealkylation sites (tertiary alicyclic amines) is 1. The van der Waals surface area contributed by atoms with Gasteiger partial charge in [-0.3, -0.25) is 0 Å². The van der Waals surface area contributed by atoms with Gasteiger partial charge in [-0.05, 0) is 47.0 Å². The molecule has 3 aromatic rings. The zero-order valence-corrected chi connectivity index (χ0v) is 20.6. The number of amides is 2. The number of nitrogens with zero attached hydrogens (tertiary/aromatic N) is 2. The molecule has 3 atom stereocenters. The lowest BCUT2D eigenvalue weighted by Gasteiger charge is -2.38. The second kappa shape index (κ2) is 10.9. The third-order valence-corrected chi connectivity index (χ3v) is 6.65. The fourth-order valence-electron chi connectivity index (χ4n) is 4.77. The molecule has 0 radical (unpaired) electrons. The van der Waals surface area contributed by atoms with E-state index < -0.39 is 53.7 Å². The Morgan fingerprint density at radius 3 is 2.38 bits per heavy atom. The minimum absolute atomic E-state index is 0.0705. The minimum atomic E-state index is -4.93. The lowest BCUT2D eigenvalue weighted by atomic mass is 9.77. The third-order valence-electron chi connectivity index (χ3n) is 6.65. The van der Waals surface area contributed by atoms with Gasteiger partial charge in [-0.25, -0.2) is 18.0 Å². The number of ether oxygens (including phenoxy) is 1. The number of methoxy groups -OCH3 is 1. The highest BCUT2D eigenvalue weighted by atomic mass is 19.4. The van der Waals surface area contributed by atoms with Crippen LogP contribution in [-0.4, -0.2) is 36.8 Å². The molecule has 1 heterocycles. The summed E-state index contributed by atoms with van der Waals surface area (Å²) in [5.74, 6) is -2.27. The summed E-state index contributed by atoms with van der Waals surface area (Å²) in [6.07, 6.45) is -6.86. The Morgan fingerprint density at radius 1 is 1.05 bits per heavy atom. The number of halogens is 6. The molecular formula is C28H23F6N3O2. The van der Waals surface area contributed by atoms with Crippen LogP contribution >= 0.6 is 0 Å². The largest absolute Gasteiger partial charge is 0.494 e. The van der Waals surface area contributed by atoms with Crippen LogP contribution in [-0.2, 0) is 18.1 Å². The minimum Gasteiger partial charge on any atom is -0.494 e. The van der Waals surface area contributed by atoms with Crippen molar-refractivity contribution in [3.05, 3.63) is 101 Å². The van der Waals surface area contributed by atoms with E-state index in [1.54, 1.807) is 30.3 Å². The summed E-state index contributed by atoms with van der Waals surface area (Å²) in [7, 11) is 1.19. The highest BCUT2D eigenvalue weighted by molar-refractivity contribution is 5.77. The molecule has 1 aliphatic heterocycles. The summed E-state index contributed by atoms with van der Waals surface area (Å²) in [6, 6.07) is 13.4. The molecule has 0 bridgehead atoms. The van der Waals surface area contributed by atoms with E-state index in [0.29, 0.717) is 17.7 Å². The number of rotatable bonds is 6. The van der Waals surface area contributed by atoms with Gasteiger partial charge < -0.3 is 15.0 Å². The average Bonchev–Trinajstić information content (AvgIpc) is 3.29. The first kappa shape index (κ1) is 27.8. The van der Waals surface area contributed by atoms with E-state index in [-0.39, 0.29) is 29.7 Å². The number of nitrogens with one attached hydrogen (secondary N) is 1. The van der Waals surface area contributed by atoms with Crippen molar-refractivity contribution in [1.82, 2.24) is 10.2 Å². The second-order valence-electron chi connectivity index (χ2n) is 9.20. The zero-order chi connectivity index (χ0) is 28.4. The molecule has 39 heavy (non-hydrogen) atoms. The van der Waals surface area contributed by atoms with Gasteiger partial charge in [-0.1, -0.05) is 36.4 Å². The van der Waals surface area contributed by atoms with Crippen molar-refractivity contribution < 1.29 is 35.9 Å². The molecule has 3 aromatic carbocycles. The van der Waals surface area contributed by atoms with Gasteiger partial charge in [0.25, 0.3) is 0 Å². The van der Waals surface area contributed by atoms with Crippen molar-refractivity contribution in [3.63, 3.8) is 0 Å². The van der Waals surface area contributed by atoms with E-state index in [0.717, 1.165) is 17.0 Å². The molecule has 11 heteroatoms. The Kier molecular flexibility index (Phi) is 7.77. The highest BCUT2D eigenvalue weighted by Gasteiger charge is 2.43. The molecule has 1 N–H and O–H groups in total. The van der Waals surface area contributed by atoms with Gasteiger partial charge in [-0.15, -0.1) is 0 Å². The van der Waals surface area contributed by atoms with E-state index >= 15 is 0 Å². The van der Waals surface area contributed by atoms with Crippen LogP contribution in [0.5, 0.6) is 5.75 Å². The van der Waals surface area contributed by atoms with E-state index in [1.807, 2.05) is 6.07 Å². The fraction of sp³-hybridized carbons (Fsp3) is 0.286. The molecule has 1 aliphatic rings. The molecular weight excluding hydrogens is 524 g/mol. The van der Waals surface area contributed by atoms with Gasteiger partial charge in [-0.2, -0.15) is 18.4 Å². The Morgan fingerprint density at radius 2 is 1.74 bits per heavy atom. The number of carbonyl (C=O) groups is 1. The maximum Gasteiger partial charge on any atom is 0.416 e. The second-order valence-corrected chi connectivity index (χ2v) is 9.20. The number of hydrogen-bond acceptors (Lipinski definition) is 3. The summed E-state index contributed by atoms with van der Waals surface area (Å²) in [5.41, 5.74) is -2.94. The van der Waals surface area contributed by atoms with Gasteiger partial charge >= 0.3 is 12.2 Å². The fourth-order valence-corrected chi connectivity index (χ4v) is 4.77. The zero-order valence-electron chi connectivity index (χ0n) is 20.6. The Balaban J connectivity index is 1.99. The predicted molar refractivity (Wildman–Crippen MR) is 129 cm³/mol. The molecule has 0 spiro atoms. The Bertz CT molecular complexity index is 1390. The summed E-state index contributed by atoms with van der Waals surface area (Å²) >= 11 is 0. The van der Waals surface area contributed by atoms with Crippen LogP contribution in [0.2, 0.25) is 0 Å². The predicted octanol–water partition coefficient (Wildman–Crippen LogP) is 6.12. The number of hydrogen-bond donors (Lipinski definition) is 1. The van der Waals surface area contributed by atoms with Crippen LogP contribution in [0.1, 0.15) is 28.7 Å². The molecule has 0 saturated carbocycles. The highest BCUT2D eigenvalue weighted by Crippen LogP contribution is 2.40. The molecule has 0 unspecified atom stereocenters. The van der Waals surface area contributed by atoms with E-state index in [4.69, 9.17) is 4.74 Å². The summed E-state index contributed by atoms with van der Waals surface area (Å²) in [5, 5.41) is 12.1. The van der Waals surface area contributed by atoms with Crippen LogP contribution in [0.15, 0.2) is 66.7 Å². The standard InChI is InChI=1S/C28H23F6N3O2/c1-39-25-12-18(7-8-24(25)31)27(14-17-5-3-2-4-6-17,19-9-20(28(32,33)34)11-21(29)10-19)36-26(38)37-16-22(30)13-23(37)15-35/h2-12,22-23H,13-14,16H2,1H3,(H,36,38)/t22-,23-,27+/m0/s1. The lowest BCUT2D eigenvalue weighted by Crippen LogP contribution is -2.54. The molecule has 1 saturated heterocycles. The first-order chi connectivity index (χ1) is 18.5. The molecule has 0 aliphatic carbocycles. The first-order valence-electron chi connectivity index (χ1n) is 11.9. The summed E-state index contributed by atoms with van der Waals surface area (Å²) in [6.45, 7) is -0.421. The van der Waals surface area contributed by atoms with Gasteiger partial charge in [0.2, 0.25) is 0 Å². The SMILES string of the molecule is COc1cc([C@@](Cc2ccccc2)(NC(=O)N2C[C@@H](F)C[C@H]2C#N)c2cc(F)cc(C(F)(F)F)c2)ccc1F. The van der Waals surface area contributed by atoms with Crippen molar-refractivity contribution >= 4 is 6.03 Å². The maximum absolute atomic E-state index is 14.8. The summed E-state index contributed by atoms with van der Waals surface area (Å²) in [4.78, 5) is 14.5. The van der Waals surface area contributed by atoms with Gasteiger partial charge in [0.15, 0.2) is 11.6 Å². The first-order valence-corrected chi connectivity index (χ1v) is 11.9. The number of benzene rings is 3. The van der Waals surface area contributed by atoms with Gasteiger partial charge in [0.05, 0.1) is 30.8 Å². The van der Waals surface area contributed by atoms with Crippen molar-refractivity contribution in [1.29, 1.82) is 5.26 Å². The number of urea groups is 1.